The molecule has 0 aromatic heterocycles. The summed E-state index contributed by atoms with van der Waals surface area (Å²) in [6.07, 6.45) is 2.56. The summed E-state index contributed by atoms with van der Waals surface area (Å²) in [4.78, 5) is 10.7. The van der Waals surface area contributed by atoms with Crippen molar-refractivity contribution in [2.24, 2.45) is 0 Å². The van der Waals surface area contributed by atoms with Gasteiger partial charge in [0.05, 0.1) is 12.6 Å². The molecule has 8 heteroatoms. The van der Waals surface area contributed by atoms with Crippen LogP contribution >= 0.6 is 0 Å². The SMILES string of the molecule is C1CCOC1.CNC(C(=O)O)c1ccccc1.CN[C@H](CO)c1ccccc1.[AlH3].[H-].[Li+]. The molecule has 1 unspecified atom stereocenters. The van der Waals surface area contributed by atoms with Crippen LogP contribution in [0.5, 0.6) is 0 Å². The maximum atomic E-state index is 10.7. The second kappa shape index (κ2) is 19.8. The van der Waals surface area contributed by atoms with Gasteiger partial charge in [-0.25, -0.2) is 0 Å². The maximum Gasteiger partial charge on any atom is 1.00 e. The zero-order chi connectivity index (χ0) is 20.6. The number of aliphatic hydroxyl groups excluding tert-OH is 1. The van der Waals surface area contributed by atoms with Crippen LogP contribution in [0.4, 0.5) is 0 Å². The van der Waals surface area contributed by atoms with Gasteiger partial charge in [0.1, 0.15) is 6.04 Å². The van der Waals surface area contributed by atoms with E-state index in [0.29, 0.717) is 0 Å². The average Bonchev–Trinajstić information content (AvgIpc) is 3.32. The molecule has 4 N–H and O–H groups in total. The number of ether oxygens (including phenoxy) is 1. The Hall–Kier alpha value is -1.12. The fourth-order valence-electron chi connectivity index (χ4n) is 2.64. The van der Waals surface area contributed by atoms with E-state index in [-0.39, 0.29) is 50.3 Å². The molecule has 0 spiro atoms. The Balaban J connectivity index is -0.000000385. The summed E-state index contributed by atoms with van der Waals surface area (Å²) in [5, 5.41) is 23.4. The molecule has 0 saturated carbocycles. The third-order valence-corrected chi connectivity index (χ3v) is 4.23. The van der Waals surface area contributed by atoms with Gasteiger partial charge in [-0.1, -0.05) is 60.7 Å². The molecule has 0 bridgehead atoms. The van der Waals surface area contributed by atoms with Crippen LogP contribution in [0.3, 0.4) is 0 Å². The number of carboxylic acid groups (broad SMARTS) is 1. The molecule has 2 atom stereocenters. The van der Waals surface area contributed by atoms with Crippen molar-refractivity contribution in [3.05, 3.63) is 71.8 Å². The second-order valence-electron chi connectivity index (χ2n) is 6.22. The quantitative estimate of drug-likeness (QED) is 0.430. The summed E-state index contributed by atoms with van der Waals surface area (Å²) in [5.74, 6) is -0.858. The fraction of sp³-hybridized carbons (Fsp3) is 0.409. The predicted octanol–water partition coefficient (Wildman–Crippen LogP) is -1.30. The van der Waals surface area contributed by atoms with Gasteiger partial charge in [-0.15, -0.1) is 0 Å². The van der Waals surface area contributed by atoms with E-state index in [2.05, 4.69) is 10.6 Å². The summed E-state index contributed by atoms with van der Waals surface area (Å²) in [7, 11) is 3.47. The number of carboxylic acids is 1. The van der Waals surface area contributed by atoms with Crippen molar-refractivity contribution in [3.63, 3.8) is 0 Å². The van der Waals surface area contributed by atoms with Gasteiger partial charge in [-0.2, -0.15) is 0 Å². The number of nitrogens with one attached hydrogen (secondary N) is 2. The fourth-order valence-corrected chi connectivity index (χ4v) is 2.64. The summed E-state index contributed by atoms with van der Waals surface area (Å²) < 4.78 is 4.94. The first-order chi connectivity index (χ1) is 13.6. The van der Waals surface area contributed by atoms with E-state index in [9.17, 15) is 4.79 Å². The number of aliphatic carboxylic acids is 1. The molecule has 30 heavy (non-hydrogen) atoms. The molecule has 3 rings (SSSR count). The predicted molar refractivity (Wildman–Crippen MR) is 122 cm³/mol. The molecular weight excluding hydrogens is 390 g/mol. The summed E-state index contributed by atoms with van der Waals surface area (Å²) >= 11 is 0. The van der Waals surface area contributed by atoms with E-state index < -0.39 is 12.0 Å². The van der Waals surface area contributed by atoms with E-state index in [4.69, 9.17) is 14.9 Å². The first-order valence-corrected chi connectivity index (χ1v) is 9.49. The second-order valence-corrected chi connectivity index (χ2v) is 6.22. The van der Waals surface area contributed by atoms with Crippen molar-refractivity contribution < 1.29 is 40.0 Å². The zero-order valence-electron chi connectivity index (χ0n) is 18.7. The Morgan fingerprint density at radius 1 is 0.967 bits per heavy atom. The molecule has 0 radical (unpaired) electrons. The zero-order valence-corrected chi connectivity index (χ0v) is 17.7. The minimum atomic E-state index is -0.858. The van der Waals surface area contributed by atoms with Crippen molar-refractivity contribution in [2.45, 2.75) is 24.9 Å². The standard InChI is InChI=1S/C9H11NO2.C9H13NO.C4H8O.Al.Li.4H/c1-10-8(9(11)12)7-5-3-2-4-6-7;1-10-9(7-11)8-5-3-2-4-6-8;1-2-4-5-3-1;;;;;;/h2-6,8,10H,1H3,(H,11,12);2-6,9-11H,7H2,1H3;1-4H2;;;;;;/q;;;;+1;;;;-1/t;9-;;;;;;;/m.1......./s1. The molecule has 1 aliphatic rings. The topological polar surface area (TPSA) is 90.8 Å². The van der Waals surface area contributed by atoms with Crippen LogP contribution in [-0.2, 0) is 9.53 Å². The minimum Gasteiger partial charge on any atom is -1.00 e. The Morgan fingerprint density at radius 3 is 1.73 bits per heavy atom. The number of benzene rings is 2. The van der Waals surface area contributed by atoms with Crippen LogP contribution in [-0.4, -0.2) is 67.5 Å². The van der Waals surface area contributed by atoms with Gasteiger partial charge in [0.25, 0.3) is 0 Å². The third-order valence-electron chi connectivity index (χ3n) is 4.23. The van der Waals surface area contributed by atoms with Gasteiger partial charge in [0, 0.05) is 13.2 Å². The number of hydrogen-bond acceptors (Lipinski definition) is 5. The maximum absolute atomic E-state index is 10.7. The molecule has 2 aromatic rings. The number of rotatable bonds is 6. The number of hydrogen-bond donors (Lipinski definition) is 4. The molecule has 1 heterocycles. The molecule has 1 fully saturated rings. The smallest absolute Gasteiger partial charge is 1.00 e. The number of aliphatic hydroxyl groups is 1. The van der Waals surface area contributed by atoms with Crippen molar-refractivity contribution in [2.75, 3.05) is 33.9 Å². The first-order valence-electron chi connectivity index (χ1n) is 9.49. The molecular formula is C22H36AlLiN2O4. The van der Waals surface area contributed by atoms with E-state index in [1.165, 1.54) is 12.8 Å². The van der Waals surface area contributed by atoms with E-state index in [1.54, 1.807) is 19.2 Å². The average molecular weight is 426 g/mol. The van der Waals surface area contributed by atoms with Crippen LogP contribution < -0.4 is 29.5 Å². The molecule has 0 aliphatic carbocycles. The van der Waals surface area contributed by atoms with Gasteiger partial charge in [-0.05, 0) is 38.1 Å². The van der Waals surface area contributed by atoms with Crippen LogP contribution in [0.1, 0.15) is 37.5 Å². The third kappa shape index (κ3) is 12.5. The van der Waals surface area contributed by atoms with E-state index in [0.717, 1.165) is 24.3 Å². The molecule has 1 aliphatic heterocycles. The van der Waals surface area contributed by atoms with Crippen LogP contribution in [0.15, 0.2) is 60.7 Å². The van der Waals surface area contributed by atoms with Gasteiger partial charge in [-0.3, -0.25) is 4.79 Å². The number of carbonyl (C=O) groups is 1. The molecule has 2 aromatic carbocycles. The minimum absolute atomic E-state index is 0. The summed E-state index contributed by atoms with van der Waals surface area (Å²) in [6, 6.07) is 18.4. The van der Waals surface area contributed by atoms with Crippen LogP contribution in [0.2, 0.25) is 0 Å². The normalized spacial score (nSPS) is 13.7. The van der Waals surface area contributed by atoms with Crippen molar-refractivity contribution in [1.29, 1.82) is 0 Å². The van der Waals surface area contributed by atoms with Crippen molar-refractivity contribution >= 4 is 23.3 Å². The molecule has 6 nitrogen and oxygen atoms in total. The van der Waals surface area contributed by atoms with Crippen LogP contribution in [0, 0.1) is 0 Å². The van der Waals surface area contributed by atoms with Crippen molar-refractivity contribution in [3.8, 4) is 0 Å². The van der Waals surface area contributed by atoms with Gasteiger partial charge in [0.15, 0.2) is 17.4 Å². The van der Waals surface area contributed by atoms with E-state index in [1.807, 2.05) is 55.6 Å². The largest absolute Gasteiger partial charge is 1.00 e. The Bertz CT molecular complexity index is 641. The van der Waals surface area contributed by atoms with Crippen LogP contribution in [0.25, 0.3) is 0 Å². The van der Waals surface area contributed by atoms with Gasteiger partial charge < -0.3 is 27.0 Å². The number of likely N-dealkylation sites (N-methyl/N-ethyl adjacent to an activating group) is 2. The Labute approximate surface area is 204 Å². The Morgan fingerprint density at radius 2 is 1.43 bits per heavy atom. The monoisotopic (exact) mass is 426 g/mol. The Kier molecular flexibility index (Phi) is 20.5. The molecule has 162 valence electrons. The van der Waals surface area contributed by atoms with Crippen molar-refractivity contribution in [1.82, 2.24) is 10.6 Å². The van der Waals surface area contributed by atoms with Gasteiger partial charge >= 0.3 is 24.8 Å². The summed E-state index contributed by atoms with van der Waals surface area (Å²) in [5.41, 5.74) is 1.89. The van der Waals surface area contributed by atoms with Gasteiger partial charge in [0.2, 0.25) is 0 Å². The van der Waals surface area contributed by atoms with E-state index >= 15 is 0 Å². The summed E-state index contributed by atoms with van der Waals surface area (Å²) in [6.45, 7) is 2.14. The molecule has 0 amide bonds. The first kappa shape index (κ1) is 31.1. The molecule has 1 saturated heterocycles.